The fourth-order valence-electron chi connectivity index (χ4n) is 4.42. The van der Waals surface area contributed by atoms with Crippen LogP contribution in [0.4, 0.5) is 10.5 Å². The Kier molecular flexibility index (Phi) is 8.98. The van der Waals surface area contributed by atoms with Crippen molar-refractivity contribution < 1.29 is 22.7 Å². The van der Waals surface area contributed by atoms with Gasteiger partial charge in [-0.05, 0) is 47.5 Å². The van der Waals surface area contributed by atoms with Crippen molar-refractivity contribution in [2.24, 2.45) is 0 Å². The van der Waals surface area contributed by atoms with Gasteiger partial charge in [-0.1, -0.05) is 66.7 Å². The minimum Gasteiger partial charge on any atom is -0.444 e. The average Bonchev–Trinajstić information content (AvgIpc) is 3.47. The van der Waals surface area contributed by atoms with Crippen LogP contribution in [0.1, 0.15) is 16.5 Å². The predicted molar refractivity (Wildman–Crippen MR) is 157 cm³/mol. The zero-order valence-electron chi connectivity index (χ0n) is 21.9. The molecule has 2 unspecified atom stereocenters. The summed E-state index contributed by atoms with van der Waals surface area (Å²) in [6.07, 6.45) is 2.62. The minimum atomic E-state index is -3.90. The number of hydrogen-bond donors (Lipinski definition) is 1. The lowest BCUT2D eigenvalue weighted by molar-refractivity contribution is -0.122. The Balaban J connectivity index is 1.43. The Morgan fingerprint density at radius 1 is 0.902 bits per heavy atom. The van der Waals surface area contributed by atoms with Gasteiger partial charge in [0.05, 0.1) is 11.6 Å². The van der Waals surface area contributed by atoms with Gasteiger partial charge in [0.1, 0.15) is 18.0 Å². The molecule has 2 heterocycles. The van der Waals surface area contributed by atoms with Crippen LogP contribution in [0, 0.1) is 0 Å². The number of pyridine rings is 1. The number of nitrogens with one attached hydrogen (secondary N) is 1. The molecule has 1 aromatic heterocycles. The number of para-hydroxylation sites is 1. The number of anilines is 1. The van der Waals surface area contributed by atoms with Crippen LogP contribution in [0.15, 0.2) is 120 Å². The lowest BCUT2D eigenvalue weighted by Gasteiger charge is -2.32. The van der Waals surface area contributed by atoms with Gasteiger partial charge in [0.15, 0.2) is 0 Å². The third-order valence-electron chi connectivity index (χ3n) is 6.49. The first kappa shape index (κ1) is 28.3. The number of amides is 2. The van der Waals surface area contributed by atoms with Crippen molar-refractivity contribution in [2.75, 3.05) is 17.3 Å². The number of rotatable bonds is 9. The first-order valence-electron chi connectivity index (χ1n) is 12.9. The molecular formula is C30H28N4O5S2. The molecule has 1 fully saturated rings. The van der Waals surface area contributed by atoms with E-state index in [4.69, 9.17) is 4.74 Å². The van der Waals surface area contributed by atoms with E-state index in [-0.39, 0.29) is 18.2 Å². The van der Waals surface area contributed by atoms with E-state index in [0.717, 1.165) is 11.1 Å². The molecule has 1 N–H and O–H groups in total. The van der Waals surface area contributed by atoms with Crippen LogP contribution in [0.5, 0.6) is 0 Å². The number of thioether (sulfide) groups is 1. The maximum absolute atomic E-state index is 14.2. The summed E-state index contributed by atoms with van der Waals surface area (Å²) < 4.78 is 34.2. The molecule has 0 aliphatic carbocycles. The zero-order valence-corrected chi connectivity index (χ0v) is 23.6. The number of carbonyl (C=O) groups excluding carboxylic acids is 2. The molecule has 0 radical (unpaired) electrons. The number of nitrogens with zero attached hydrogens (tertiary/aromatic N) is 3. The van der Waals surface area contributed by atoms with Crippen molar-refractivity contribution in [3.63, 3.8) is 0 Å². The molecule has 0 bridgehead atoms. The van der Waals surface area contributed by atoms with E-state index >= 15 is 0 Å². The lowest BCUT2D eigenvalue weighted by Crippen LogP contribution is -2.52. The summed E-state index contributed by atoms with van der Waals surface area (Å²) in [7, 11) is -3.90. The lowest BCUT2D eigenvalue weighted by atomic mass is 10.2. The largest absolute Gasteiger partial charge is 0.444 e. The summed E-state index contributed by atoms with van der Waals surface area (Å²) in [6.45, 7) is -0.280. The van der Waals surface area contributed by atoms with Crippen LogP contribution in [0.25, 0.3) is 0 Å². The molecular weight excluding hydrogens is 560 g/mol. The molecule has 11 heteroatoms. The van der Waals surface area contributed by atoms with Crippen molar-refractivity contribution in [1.29, 1.82) is 0 Å². The van der Waals surface area contributed by atoms with E-state index in [0.29, 0.717) is 11.4 Å². The van der Waals surface area contributed by atoms with E-state index in [9.17, 15) is 18.0 Å². The maximum Gasteiger partial charge on any atom is 0.412 e. The number of hydrogen-bond acceptors (Lipinski definition) is 7. The first-order valence-corrected chi connectivity index (χ1v) is 15.4. The number of ether oxygens (including phenoxy) is 1. The maximum atomic E-state index is 14.2. The Morgan fingerprint density at radius 3 is 2.17 bits per heavy atom. The van der Waals surface area contributed by atoms with Gasteiger partial charge in [-0.3, -0.25) is 19.6 Å². The first-order chi connectivity index (χ1) is 19.9. The van der Waals surface area contributed by atoms with E-state index < -0.39 is 33.4 Å². The molecule has 1 saturated heterocycles. The smallest absolute Gasteiger partial charge is 0.412 e. The van der Waals surface area contributed by atoms with E-state index in [2.05, 4.69) is 9.71 Å². The average molecular weight is 589 g/mol. The van der Waals surface area contributed by atoms with E-state index in [1.807, 2.05) is 30.3 Å². The van der Waals surface area contributed by atoms with Crippen LogP contribution in [-0.4, -0.2) is 48.8 Å². The van der Waals surface area contributed by atoms with Gasteiger partial charge in [-0.2, -0.15) is 4.72 Å². The van der Waals surface area contributed by atoms with Crippen molar-refractivity contribution in [3.8, 4) is 0 Å². The van der Waals surface area contributed by atoms with Gasteiger partial charge in [-0.25, -0.2) is 13.2 Å². The van der Waals surface area contributed by atoms with Crippen molar-refractivity contribution in [3.05, 3.63) is 127 Å². The standard InChI is InChI=1S/C30H28N4O5S2/c35-28(33(25-12-6-2-7-13-25)22-32-41(37,38)26-14-8-3-9-15-26)27-21-40-29(24-16-18-31-19-17-24)34(27)30(36)39-20-23-10-4-1-5-11-23/h1-19,27,29,32H,20-22H2. The highest BCUT2D eigenvalue weighted by Gasteiger charge is 2.45. The SMILES string of the molecule is O=C(C1CSC(c2ccncc2)N1C(=O)OCc1ccccc1)N(CNS(=O)(=O)c1ccccc1)c1ccccc1. The summed E-state index contributed by atoms with van der Waals surface area (Å²) in [5.74, 6) is -0.145. The Morgan fingerprint density at radius 2 is 1.51 bits per heavy atom. The van der Waals surface area contributed by atoms with Crippen LogP contribution in [-0.2, 0) is 26.2 Å². The monoisotopic (exact) mass is 588 g/mol. The van der Waals surface area contributed by atoms with E-state index in [1.165, 1.54) is 33.7 Å². The molecule has 0 spiro atoms. The fourth-order valence-corrected chi connectivity index (χ4v) is 6.81. The van der Waals surface area contributed by atoms with Gasteiger partial charge < -0.3 is 4.74 Å². The summed E-state index contributed by atoms with van der Waals surface area (Å²) >= 11 is 1.43. The quantitative estimate of drug-likeness (QED) is 0.280. The molecule has 2 amide bonds. The van der Waals surface area contributed by atoms with Gasteiger partial charge in [-0.15, -0.1) is 11.8 Å². The van der Waals surface area contributed by atoms with Crippen LogP contribution >= 0.6 is 11.8 Å². The van der Waals surface area contributed by atoms with Gasteiger partial charge in [0, 0.05) is 23.8 Å². The Hall–Kier alpha value is -4.19. The number of aromatic nitrogens is 1. The van der Waals surface area contributed by atoms with Crippen LogP contribution < -0.4 is 9.62 Å². The molecule has 1 aliphatic heterocycles. The molecule has 1 aliphatic rings. The molecule has 0 saturated carbocycles. The highest BCUT2D eigenvalue weighted by molar-refractivity contribution is 7.99. The third kappa shape index (κ3) is 6.76. The van der Waals surface area contributed by atoms with Crippen LogP contribution in [0.3, 0.4) is 0 Å². The molecule has 9 nitrogen and oxygen atoms in total. The number of sulfonamides is 1. The second kappa shape index (κ2) is 13.0. The number of benzene rings is 3. The molecule has 41 heavy (non-hydrogen) atoms. The summed E-state index contributed by atoms with van der Waals surface area (Å²) in [5, 5.41) is -0.492. The molecule has 4 aromatic rings. The van der Waals surface area contributed by atoms with Crippen LogP contribution in [0.2, 0.25) is 0 Å². The highest BCUT2D eigenvalue weighted by Crippen LogP contribution is 2.42. The van der Waals surface area contributed by atoms with Crippen molar-refractivity contribution in [2.45, 2.75) is 22.9 Å². The number of carbonyl (C=O) groups is 2. The predicted octanol–water partition coefficient (Wildman–Crippen LogP) is 4.80. The normalized spacial score (nSPS) is 16.7. The summed E-state index contributed by atoms with van der Waals surface area (Å²) in [5.41, 5.74) is 2.11. The van der Waals surface area contributed by atoms with Crippen molar-refractivity contribution in [1.82, 2.24) is 14.6 Å². The summed E-state index contributed by atoms with van der Waals surface area (Å²) in [6, 6.07) is 28.7. The highest BCUT2D eigenvalue weighted by atomic mass is 32.2. The van der Waals surface area contributed by atoms with Gasteiger partial charge >= 0.3 is 6.09 Å². The molecule has 3 aromatic carbocycles. The Bertz CT molecular complexity index is 1560. The second-order valence-corrected chi connectivity index (χ2v) is 12.0. The molecule has 2 atom stereocenters. The minimum absolute atomic E-state index is 0.0457. The molecule has 5 rings (SSSR count). The van der Waals surface area contributed by atoms with Gasteiger partial charge in [0.2, 0.25) is 10.0 Å². The van der Waals surface area contributed by atoms with Gasteiger partial charge in [0.25, 0.3) is 5.91 Å². The fraction of sp³-hybridized carbons (Fsp3) is 0.167. The Labute approximate surface area is 243 Å². The topological polar surface area (TPSA) is 109 Å². The zero-order chi connectivity index (χ0) is 28.7. The second-order valence-electron chi connectivity index (χ2n) is 9.15. The summed E-state index contributed by atoms with van der Waals surface area (Å²) in [4.78, 5) is 34.7. The van der Waals surface area contributed by atoms with Crippen molar-refractivity contribution >= 4 is 39.5 Å². The third-order valence-corrected chi connectivity index (χ3v) is 9.22. The molecule has 210 valence electrons. The van der Waals surface area contributed by atoms with E-state index in [1.54, 1.807) is 73.1 Å².